The van der Waals surface area contributed by atoms with Crippen LogP contribution < -0.4 is 10.2 Å². The number of hydrogen-bond donors (Lipinski definition) is 1. The lowest BCUT2D eigenvalue weighted by Crippen LogP contribution is -2.20. The summed E-state index contributed by atoms with van der Waals surface area (Å²) in [7, 11) is 2.12. The van der Waals surface area contributed by atoms with Crippen molar-refractivity contribution < 1.29 is 0 Å². The van der Waals surface area contributed by atoms with Crippen molar-refractivity contribution in [3.05, 3.63) is 36.2 Å². The van der Waals surface area contributed by atoms with Gasteiger partial charge in [0, 0.05) is 42.8 Å². The molecule has 0 aliphatic heterocycles. The van der Waals surface area contributed by atoms with Crippen LogP contribution in [0.5, 0.6) is 0 Å². The Bertz CT molecular complexity index is 545. The summed E-state index contributed by atoms with van der Waals surface area (Å²) in [6.07, 6.45) is 1.07. The summed E-state index contributed by atoms with van der Waals surface area (Å²) in [6, 6.07) is 10.4. The van der Waals surface area contributed by atoms with E-state index in [2.05, 4.69) is 71.7 Å². The zero-order valence-corrected chi connectivity index (χ0v) is 14.1. The molecule has 4 nitrogen and oxygen atoms in total. The molecule has 0 fully saturated rings. The minimum absolute atomic E-state index is 0.0178. The number of aromatic nitrogens is 2. The molecule has 0 saturated carbocycles. The third-order valence-electron chi connectivity index (χ3n) is 3.24. The van der Waals surface area contributed by atoms with Gasteiger partial charge in [0.05, 0.1) is 0 Å². The van der Waals surface area contributed by atoms with Crippen LogP contribution in [0.2, 0.25) is 0 Å². The van der Waals surface area contributed by atoms with Crippen LogP contribution in [0.4, 0.5) is 10.8 Å². The molecule has 0 unspecified atom stereocenters. The molecule has 2 rings (SSSR count). The number of nitrogens with one attached hydrogen (secondary N) is 1. The Morgan fingerprint density at radius 3 is 2.52 bits per heavy atom. The molecule has 1 aromatic heterocycles. The lowest BCUT2D eigenvalue weighted by molar-refractivity contribution is 0.555. The molecule has 2 aromatic rings. The van der Waals surface area contributed by atoms with Crippen LogP contribution >= 0.6 is 11.5 Å². The first-order valence-electron chi connectivity index (χ1n) is 7.31. The van der Waals surface area contributed by atoms with Gasteiger partial charge in [-0.3, -0.25) is 0 Å². The largest absolute Gasteiger partial charge is 0.375 e. The summed E-state index contributed by atoms with van der Waals surface area (Å²) in [5.74, 6) is 0.913. The minimum atomic E-state index is 0.0178. The molecule has 0 saturated heterocycles. The Hall–Kier alpha value is -1.62. The van der Waals surface area contributed by atoms with Gasteiger partial charge >= 0.3 is 0 Å². The van der Waals surface area contributed by atoms with Crippen molar-refractivity contribution >= 4 is 22.4 Å². The van der Waals surface area contributed by atoms with Gasteiger partial charge < -0.3 is 10.2 Å². The maximum atomic E-state index is 4.54. The van der Waals surface area contributed by atoms with Crippen LogP contribution in [-0.2, 0) is 5.41 Å². The normalized spacial score (nSPS) is 11.4. The van der Waals surface area contributed by atoms with Gasteiger partial charge in [0.25, 0.3) is 0 Å². The van der Waals surface area contributed by atoms with Gasteiger partial charge in [-0.15, -0.1) is 0 Å². The monoisotopic (exact) mass is 304 g/mol. The molecule has 114 valence electrons. The molecule has 0 spiro atoms. The van der Waals surface area contributed by atoms with Gasteiger partial charge in [0.2, 0.25) is 5.13 Å². The van der Waals surface area contributed by atoms with Crippen LogP contribution in [-0.4, -0.2) is 29.5 Å². The van der Waals surface area contributed by atoms with Crippen LogP contribution in [0.25, 0.3) is 0 Å². The van der Waals surface area contributed by atoms with Crippen molar-refractivity contribution in [2.45, 2.75) is 32.6 Å². The van der Waals surface area contributed by atoms with Crippen LogP contribution in [0, 0.1) is 0 Å². The molecule has 0 atom stereocenters. The summed E-state index contributed by atoms with van der Waals surface area (Å²) in [6.45, 7) is 8.33. The number of anilines is 2. The van der Waals surface area contributed by atoms with E-state index >= 15 is 0 Å². The highest BCUT2D eigenvalue weighted by molar-refractivity contribution is 7.09. The lowest BCUT2D eigenvalue weighted by Gasteiger charge is -2.19. The molecule has 0 aliphatic rings. The Morgan fingerprint density at radius 1 is 1.19 bits per heavy atom. The average molecular weight is 304 g/mol. The van der Waals surface area contributed by atoms with Crippen LogP contribution in [0.15, 0.2) is 30.3 Å². The third kappa shape index (κ3) is 4.70. The first kappa shape index (κ1) is 15.8. The number of nitrogens with zero attached hydrogens (tertiary/aromatic N) is 3. The summed E-state index contributed by atoms with van der Waals surface area (Å²) < 4.78 is 4.41. The van der Waals surface area contributed by atoms with E-state index in [1.807, 2.05) is 6.07 Å². The van der Waals surface area contributed by atoms with Gasteiger partial charge in [0.15, 0.2) is 0 Å². The average Bonchev–Trinajstić information content (AvgIpc) is 2.93. The van der Waals surface area contributed by atoms with Gasteiger partial charge in [-0.25, -0.2) is 4.98 Å². The van der Waals surface area contributed by atoms with Crippen molar-refractivity contribution in [3.8, 4) is 0 Å². The van der Waals surface area contributed by atoms with E-state index in [1.165, 1.54) is 17.2 Å². The van der Waals surface area contributed by atoms with E-state index in [9.17, 15) is 0 Å². The maximum Gasteiger partial charge on any atom is 0.202 e. The van der Waals surface area contributed by atoms with Gasteiger partial charge in [-0.1, -0.05) is 39.0 Å². The second-order valence-electron chi connectivity index (χ2n) is 6.21. The fourth-order valence-electron chi connectivity index (χ4n) is 1.92. The predicted molar refractivity (Wildman–Crippen MR) is 91.4 cm³/mol. The second-order valence-corrected chi connectivity index (χ2v) is 6.96. The van der Waals surface area contributed by atoms with E-state index in [0.717, 1.165) is 30.5 Å². The predicted octanol–water partition coefficient (Wildman–Crippen LogP) is 3.77. The molecule has 1 N–H and O–H groups in total. The zero-order chi connectivity index (χ0) is 15.3. The highest BCUT2D eigenvalue weighted by Crippen LogP contribution is 2.22. The van der Waals surface area contributed by atoms with Crippen molar-refractivity contribution in [1.82, 2.24) is 9.36 Å². The SMILES string of the molecule is CN(CCCNc1nc(C(C)(C)C)ns1)c1ccccc1. The summed E-state index contributed by atoms with van der Waals surface area (Å²) in [4.78, 5) is 6.81. The summed E-state index contributed by atoms with van der Waals surface area (Å²) >= 11 is 1.45. The molecule has 21 heavy (non-hydrogen) atoms. The van der Waals surface area contributed by atoms with Crippen molar-refractivity contribution in [2.24, 2.45) is 0 Å². The van der Waals surface area contributed by atoms with Gasteiger partial charge in [-0.2, -0.15) is 4.37 Å². The third-order valence-corrected chi connectivity index (χ3v) is 3.91. The van der Waals surface area contributed by atoms with E-state index in [1.54, 1.807) is 0 Å². The molecule has 0 radical (unpaired) electrons. The first-order chi connectivity index (χ1) is 9.97. The first-order valence-corrected chi connectivity index (χ1v) is 8.08. The maximum absolute atomic E-state index is 4.54. The van der Waals surface area contributed by atoms with Crippen LogP contribution in [0.3, 0.4) is 0 Å². The molecule has 0 bridgehead atoms. The summed E-state index contributed by atoms with van der Waals surface area (Å²) in [5, 5.41) is 4.28. The fourth-order valence-corrected chi connectivity index (χ4v) is 2.70. The molecule has 1 aromatic carbocycles. The smallest absolute Gasteiger partial charge is 0.202 e. The Labute approximate surface area is 131 Å². The molecule has 0 aliphatic carbocycles. The van der Waals surface area contributed by atoms with E-state index in [0.29, 0.717) is 0 Å². The van der Waals surface area contributed by atoms with E-state index in [-0.39, 0.29) is 5.41 Å². The number of benzene rings is 1. The molecule has 5 heteroatoms. The fraction of sp³-hybridized carbons (Fsp3) is 0.500. The molecular formula is C16H24N4S. The van der Waals surface area contributed by atoms with Gasteiger partial charge in [0.1, 0.15) is 5.82 Å². The standard InChI is InChI=1S/C16H24N4S/c1-16(2,3)14-18-15(21-19-14)17-11-8-12-20(4)13-9-6-5-7-10-13/h5-7,9-10H,8,11-12H2,1-4H3,(H,17,18,19). The summed E-state index contributed by atoms with van der Waals surface area (Å²) in [5.41, 5.74) is 1.27. The second kappa shape index (κ2) is 6.89. The van der Waals surface area contributed by atoms with E-state index < -0.39 is 0 Å². The van der Waals surface area contributed by atoms with Crippen molar-refractivity contribution in [3.63, 3.8) is 0 Å². The molecule has 0 amide bonds. The lowest BCUT2D eigenvalue weighted by atomic mass is 9.96. The van der Waals surface area contributed by atoms with Crippen LogP contribution in [0.1, 0.15) is 33.0 Å². The van der Waals surface area contributed by atoms with Gasteiger partial charge in [-0.05, 0) is 18.6 Å². The number of hydrogen-bond acceptors (Lipinski definition) is 5. The Kier molecular flexibility index (Phi) is 5.17. The topological polar surface area (TPSA) is 41.0 Å². The number of para-hydroxylation sites is 1. The van der Waals surface area contributed by atoms with Crippen molar-refractivity contribution in [1.29, 1.82) is 0 Å². The quantitative estimate of drug-likeness (QED) is 0.825. The van der Waals surface area contributed by atoms with E-state index in [4.69, 9.17) is 0 Å². The highest BCUT2D eigenvalue weighted by Gasteiger charge is 2.19. The molecule has 1 heterocycles. The Balaban J connectivity index is 1.74. The Morgan fingerprint density at radius 2 is 1.90 bits per heavy atom. The molecular weight excluding hydrogens is 280 g/mol. The zero-order valence-electron chi connectivity index (χ0n) is 13.3. The highest BCUT2D eigenvalue weighted by atomic mass is 32.1. The number of rotatable bonds is 6. The minimum Gasteiger partial charge on any atom is -0.375 e. The van der Waals surface area contributed by atoms with Crippen molar-refractivity contribution in [2.75, 3.05) is 30.4 Å².